The largest absolute Gasteiger partial charge is 0.497 e. The Hall–Kier alpha value is -2.10. The molecule has 1 aromatic carbocycles. The van der Waals surface area contributed by atoms with E-state index in [9.17, 15) is 9.59 Å². The highest BCUT2D eigenvalue weighted by Crippen LogP contribution is 2.52. The highest BCUT2D eigenvalue weighted by Gasteiger charge is 2.58. The summed E-state index contributed by atoms with van der Waals surface area (Å²) in [5, 5.41) is 6.51. The van der Waals surface area contributed by atoms with E-state index in [0.29, 0.717) is 19.0 Å². The Morgan fingerprint density at radius 2 is 1.68 bits per heavy atom. The number of nitrogens with one attached hydrogen (secondary N) is 2. The number of fused-ring (bicyclic) bond motifs is 5. The Morgan fingerprint density at radius 1 is 1.06 bits per heavy atom. The van der Waals surface area contributed by atoms with E-state index < -0.39 is 0 Å². The van der Waals surface area contributed by atoms with E-state index in [2.05, 4.69) is 39.9 Å². The summed E-state index contributed by atoms with van der Waals surface area (Å²) in [5.41, 5.74) is 1.26. The molecule has 8 heteroatoms. The maximum Gasteiger partial charge on any atom is 0.233 e. The number of amides is 2. The van der Waals surface area contributed by atoms with Crippen LogP contribution in [0.25, 0.3) is 0 Å². The molecule has 4 unspecified atom stereocenters. The molecule has 1 saturated carbocycles. The Balaban J connectivity index is 0.00000272. The standard InChI is InChI=1S/C23H30N4O3.HI/c1-24-23(25-11-3-4-15-5-9-18(30-2)10-6-15)26-12-13-27-21(28)19-16-7-8-17(14-16)20(19)22(27)29;/h5-10,16-17,19-20H,3-4,11-14H2,1-2H3,(H2,24,25,26);1H. The zero-order valence-electron chi connectivity index (χ0n) is 18.0. The molecule has 1 heterocycles. The number of imide groups is 1. The third kappa shape index (κ3) is 4.88. The summed E-state index contributed by atoms with van der Waals surface area (Å²) >= 11 is 0. The number of carbonyl (C=O) groups excluding carboxylic acids is 2. The van der Waals surface area contributed by atoms with Crippen LogP contribution in [0, 0.1) is 23.7 Å². The number of likely N-dealkylation sites (tertiary alicyclic amines) is 1. The van der Waals surface area contributed by atoms with Gasteiger partial charge in [-0.1, -0.05) is 24.3 Å². The molecule has 2 bridgehead atoms. The second-order valence-electron chi connectivity index (χ2n) is 8.21. The van der Waals surface area contributed by atoms with E-state index in [1.54, 1.807) is 14.2 Å². The summed E-state index contributed by atoms with van der Waals surface area (Å²) in [6.45, 7) is 1.67. The van der Waals surface area contributed by atoms with Gasteiger partial charge in [-0.3, -0.25) is 19.5 Å². The zero-order valence-corrected chi connectivity index (χ0v) is 20.4. The van der Waals surface area contributed by atoms with Gasteiger partial charge in [-0.2, -0.15) is 0 Å². The monoisotopic (exact) mass is 538 g/mol. The van der Waals surface area contributed by atoms with Gasteiger partial charge in [-0.05, 0) is 48.8 Å². The molecule has 3 aliphatic rings. The highest BCUT2D eigenvalue weighted by atomic mass is 127. The summed E-state index contributed by atoms with van der Waals surface area (Å²) in [5.74, 6) is 1.83. The van der Waals surface area contributed by atoms with E-state index in [1.165, 1.54) is 10.5 Å². The van der Waals surface area contributed by atoms with Gasteiger partial charge in [0, 0.05) is 26.7 Å². The maximum atomic E-state index is 12.7. The number of guanidine groups is 1. The molecule has 0 aromatic heterocycles. The van der Waals surface area contributed by atoms with Gasteiger partial charge in [0.15, 0.2) is 5.96 Å². The number of rotatable bonds is 8. The minimum absolute atomic E-state index is 0. The Bertz CT molecular complexity index is 825. The molecule has 7 nitrogen and oxygen atoms in total. The molecule has 31 heavy (non-hydrogen) atoms. The molecular formula is C23H31IN4O3. The molecule has 168 valence electrons. The Labute approximate surface area is 200 Å². The number of allylic oxidation sites excluding steroid dienone is 2. The van der Waals surface area contributed by atoms with Crippen LogP contribution in [0.3, 0.4) is 0 Å². The molecule has 4 rings (SSSR count). The summed E-state index contributed by atoms with van der Waals surface area (Å²) in [6.07, 6.45) is 7.14. The van der Waals surface area contributed by atoms with Crippen LogP contribution in [-0.4, -0.2) is 56.5 Å². The fourth-order valence-corrected chi connectivity index (χ4v) is 4.98. The van der Waals surface area contributed by atoms with Crippen molar-refractivity contribution in [2.75, 3.05) is 33.8 Å². The number of hydrogen-bond donors (Lipinski definition) is 2. The topological polar surface area (TPSA) is 83.0 Å². The molecule has 1 aliphatic heterocycles. The summed E-state index contributed by atoms with van der Waals surface area (Å²) in [4.78, 5) is 31.1. The van der Waals surface area contributed by atoms with Gasteiger partial charge in [0.05, 0.1) is 18.9 Å². The number of benzene rings is 1. The van der Waals surface area contributed by atoms with Crippen LogP contribution in [0.1, 0.15) is 18.4 Å². The first-order valence-electron chi connectivity index (χ1n) is 10.7. The number of aryl methyl sites for hydroxylation is 1. The lowest BCUT2D eigenvalue weighted by Gasteiger charge is -2.18. The van der Waals surface area contributed by atoms with Crippen molar-refractivity contribution in [3.8, 4) is 5.75 Å². The van der Waals surface area contributed by atoms with E-state index in [4.69, 9.17) is 4.74 Å². The van der Waals surface area contributed by atoms with Crippen molar-refractivity contribution in [3.63, 3.8) is 0 Å². The quantitative estimate of drug-likeness (QED) is 0.133. The fraction of sp³-hybridized carbons (Fsp3) is 0.522. The van der Waals surface area contributed by atoms with E-state index in [0.717, 1.165) is 31.6 Å². The first-order valence-corrected chi connectivity index (χ1v) is 10.7. The molecule has 2 aliphatic carbocycles. The molecule has 2 N–H and O–H groups in total. The second kappa shape index (κ2) is 10.5. The second-order valence-corrected chi connectivity index (χ2v) is 8.21. The minimum Gasteiger partial charge on any atom is -0.497 e. The van der Waals surface area contributed by atoms with Crippen molar-refractivity contribution < 1.29 is 14.3 Å². The average Bonchev–Trinajstić information content (AvgIpc) is 3.45. The maximum absolute atomic E-state index is 12.7. The highest BCUT2D eigenvalue weighted by molar-refractivity contribution is 14.0. The van der Waals surface area contributed by atoms with Gasteiger partial charge in [0.25, 0.3) is 0 Å². The number of halogens is 1. The first-order chi connectivity index (χ1) is 14.6. The first kappa shape index (κ1) is 23.6. The lowest BCUT2D eigenvalue weighted by atomic mass is 9.85. The van der Waals surface area contributed by atoms with Gasteiger partial charge in [-0.25, -0.2) is 0 Å². The van der Waals surface area contributed by atoms with Crippen molar-refractivity contribution in [1.82, 2.24) is 15.5 Å². The van der Waals surface area contributed by atoms with Gasteiger partial charge in [0.2, 0.25) is 11.8 Å². The van der Waals surface area contributed by atoms with Gasteiger partial charge in [0.1, 0.15) is 5.75 Å². The van der Waals surface area contributed by atoms with Crippen LogP contribution in [0.2, 0.25) is 0 Å². The van der Waals surface area contributed by atoms with Crippen molar-refractivity contribution in [2.45, 2.75) is 19.3 Å². The summed E-state index contributed by atoms with van der Waals surface area (Å²) < 4.78 is 5.18. The lowest BCUT2D eigenvalue weighted by molar-refractivity contribution is -0.140. The normalized spacial score (nSPS) is 26.1. The smallest absolute Gasteiger partial charge is 0.233 e. The molecule has 1 aromatic rings. The van der Waals surface area contributed by atoms with E-state index in [-0.39, 0.29) is 59.5 Å². The van der Waals surface area contributed by atoms with Crippen LogP contribution in [0.4, 0.5) is 0 Å². The van der Waals surface area contributed by atoms with Crippen LogP contribution in [0.15, 0.2) is 41.4 Å². The zero-order chi connectivity index (χ0) is 21.1. The van der Waals surface area contributed by atoms with E-state index in [1.807, 2.05) is 12.1 Å². The minimum atomic E-state index is -0.122. The lowest BCUT2D eigenvalue weighted by Crippen LogP contribution is -2.44. The van der Waals surface area contributed by atoms with Crippen LogP contribution < -0.4 is 15.4 Å². The molecule has 4 atom stereocenters. The molecule has 0 spiro atoms. The third-order valence-electron chi connectivity index (χ3n) is 6.51. The Morgan fingerprint density at radius 3 is 2.26 bits per heavy atom. The number of ether oxygens (including phenoxy) is 1. The molecule has 1 saturated heterocycles. The molecule has 2 amide bonds. The molecular weight excluding hydrogens is 507 g/mol. The number of hydrogen-bond acceptors (Lipinski definition) is 4. The molecule has 0 radical (unpaired) electrons. The van der Waals surface area contributed by atoms with E-state index >= 15 is 0 Å². The third-order valence-corrected chi connectivity index (χ3v) is 6.51. The predicted molar refractivity (Wildman–Crippen MR) is 131 cm³/mol. The van der Waals surface area contributed by atoms with Crippen molar-refractivity contribution in [1.29, 1.82) is 0 Å². The van der Waals surface area contributed by atoms with Crippen LogP contribution >= 0.6 is 24.0 Å². The fourth-order valence-electron chi connectivity index (χ4n) is 4.98. The van der Waals surface area contributed by atoms with Crippen LogP contribution in [0.5, 0.6) is 5.75 Å². The number of methoxy groups -OCH3 is 1. The molecule has 2 fully saturated rings. The summed E-state index contributed by atoms with van der Waals surface area (Å²) in [6, 6.07) is 8.10. The SMILES string of the molecule is CN=C(NCCCc1ccc(OC)cc1)NCCN1C(=O)C2C3C=CC(C3)C2C1=O.I. The van der Waals surface area contributed by atoms with Crippen LogP contribution in [-0.2, 0) is 16.0 Å². The number of nitrogens with zero attached hydrogens (tertiary/aromatic N) is 2. The number of carbonyl (C=O) groups is 2. The van der Waals surface area contributed by atoms with Crippen molar-refractivity contribution in [3.05, 3.63) is 42.0 Å². The predicted octanol–water partition coefficient (Wildman–Crippen LogP) is 2.22. The number of aliphatic imine (C=N–C) groups is 1. The summed E-state index contributed by atoms with van der Waals surface area (Å²) in [7, 11) is 3.39. The van der Waals surface area contributed by atoms with Gasteiger partial charge < -0.3 is 15.4 Å². The Kier molecular flexibility index (Phi) is 7.96. The van der Waals surface area contributed by atoms with Gasteiger partial charge in [-0.15, -0.1) is 24.0 Å². The average molecular weight is 538 g/mol. The van der Waals surface area contributed by atoms with Crippen molar-refractivity contribution >= 4 is 41.8 Å². The van der Waals surface area contributed by atoms with Crippen molar-refractivity contribution in [2.24, 2.45) is 28.7 Å². The van der Waals surface area contributed by atoms with Gasteiger partial charge >= 0.3 is 0 Å².